The molecule has 5 heteroatoms. The number of nitrogens with two attached hydrogens (primary N) is 1. The summed E-state index contributed by atoms with van der Waals surface area (Å²) in [6.45, 7) is 5.40. The zero-order chi connectivity index (χ0) is 14.3. The molecule has 1 amide bonds. The highest BCUT2D eigenvalue weighted by Crippen LogP contribution is 2.24. The highest BCUT2D eigenvalue weighted by atomic mass is 32.1. The average molecular weight is 287 g/mol. The van der Waals surface area contributed by atoms with Crippen LogP contribution in [0.5, 0.6) is 0 Å². The fourth-order valence-electron chi connectivity index (χ4n) is 2.46. The van der Waals surface area contributed by atoms with Gasteiger partial charge in [0.1, 0.15) is 5.01 Å². The summed E-state index contributed by atoms with van der Waals surface area (Å²) in [7, 11) is 0. The van der Waals surface area contributed by atoms with E-state index in [9.17, 15) is 4.79 Å². The van der Waals surface area contributed by atoms with Crippen molar-refractivity contribution in [2.45, 2.75) is 26.8 Å². The fraction of sp³-hybridized carbons (Fsp3) is 0.333. The Balaban J connectivity index is 1.85. The highest BCUT2D eigenvalue weighted by Gasteiger charge is 2.25. The zero-order valence-electron chi connectivity index (χ0n) is 11.6. The third kappa shape index (κ3) is 2.29. The molecule has 1 aliphatic heterocycles. The molecule has 0 atom stereocenters. The Labute approximate surface area is 122 Å². The van der Waals surface area contributed by atoms with Crippen molar-refractivity contribution < 1.29 is 4.79 Å². The summed E-state index contributed by atoms with van der Waals surface area (Å²) in [4.78, 5) is 20.1. The Kier molecular flexibility index (Phi) is 3.22. The van der Waals surface area contributed by atoms with Crippen molar-refractivity contribution in [2.24, 2.45) is 0 Å². The number of benzene rings is 1. The third-order valence-electron chi connectivity index (χ3n) is 3.70. The van der Waals surface area contributed by atoms with Gasteiger partial charge in [-0.25, -0.2) is 4.98 Å². The van der Waals surface area contributed by atoms with Crippen molar-refractivity contribution in [3.8, 4) is 0 Å². The largest absolute Gasteiger partial charge is 0.399 e. The number of fused-ring (bicyclic) bond motifs is 1. The lowest BCUT2D eigenvalue weighted by molar-refractivity contribution is 0.0727. The lowest BCUT2D eigenvalue weighted by Gasteiger charge is -2.28. The summed E-state index contributed by atoms with van der Waals surface area (Å²) >= 11 is 1.66. The second-order valence-electron chi connectivity index (χ2n) is 5.14. The van der Waals surface area contributed by atoms with Gasteiger partial charge in [-0.2, -0.15) is 0 Å². The van der Waals surface area contributed by atoms with Crippen LogP contribution >= 0.6 is 11.3 Å². The van der Waals surface area contributed by atoms with Crippen molar-refractivity contribution in [3.05, 3.63) is 44.9 Å². The summed E-state index contributed by atoms with van der Waals surface area (Å²) in [5, 5.41) is 1.00. The third-order valence-corrected chi connectivity index (χ3v) is 4.76. The molecular weight excluding hydrogens is 270 g/mol. The normalized spacial score (nSPS) is 14.5. The number of nitrogens with zero attached hydrogens (tertiary/aromatic N) is 2. The quantitative estimate of drug-likeness (QED) is 0.864. The SMILES string of the molecule is Cc1nc(CN2CCc3ccc(N)cc3C2=O)sc1C. The van der Waals surface area contributed by atoms with Crippen molar-refractivity contribution >= 4 is 22.9 Å². The van der Waals surface area contributed by atoms with E-state index in [1.165, 1.54) is 4.88 Å². The van der Waals surface area contributed by atoms with Gasteiger partial charge in [-0.1, -0.05) is 6.07 Å². The topological polar surface area (TPSA) is 59.2 Å². The van der Waals surface area contributed by atoms with Gasteiger partial charge in [0.05, 0.1) is 12.2 Å². The van der Waals surface area contributed by atoms with Crippen LogP contribution in [0, 0.1) is 13.8 Å². The van der Waals surface area contributed by atoms with Crippen LogP contribution in [0.2, 0.25) is 0 Å². The van der Waals surface area contributed by atoms with Crippen molar-refractivity contribution in [1.82, 2.24) is 9.88 Å². The Bertz CT molecular complexity index is 658. The van der Waals surface area contributed by atoms with E-state index < -0.39 is 0 Å². The molecule has 0 aliphatic carbocycles. The number of amides is 1. The molecule has 2 heterocycles. The average Bonchev–Trinajstić information content (AvgIpc) is 2.72. The molecule has 0 fully saturated rings. The number of nitrogen functional groups attached to an aromatic ring is 1. The van der Waals surface area contributed by atoms with Crippen LogP contribution in [0.3, 0.4) is 0 Å². The number of carbonyl (C=O) groups is 1. The molecule has 0 saturated heterocycles. The van der Waals surface area contributed by atoms with Crippen LogP contribution < -0.4 is 5.73 Å². The minimum Gasteiger partial charge on any atom is -0.399 e. The second-order valence-corrected chi connectivity index (χ2v) is 6.43. The molecule has 1 aromatic heterocycles. The number of hydrogen-bond donors (Lipinski definition) is 1. The molecule has 4 nitrogen and oxygen atoms in total. The predicted octanol–water partition coefficient (Wildman–Crippen LogP) is 2.54. The Morgan fingerprint density at radius 3 is 2.90 bits per heavy atom. The van der Waals surface area contributed by atoms with E-state index in [2.05, 4.69) is 11.9 Å². The van der Waals surface area contributed by atoms with Crippen LogP contribution in [-0.4, -0.2) is 22.3 Å². The van der Waals surface area contributed by atoms with Gasteiger partial charge in [-0.05, 0) is 38.0 Å². The Morgan fingerprint density at radius 1 is 1.40 bits per heavy atom. The standard InChI is InChI=1S/C15H17N3OS/c1-9-10(2)20-14(17-9)8-18-6-5-11-3-4-12(16)7-13(11)15(18)19/h3-4,7H,5-6,8,16H2,1-2H3. The highest BCUT2D eigenvalue weighted by molar-refractivity contribution is 7.11. The summed E-state index contributed by atoms with van der Waals surface area (Å²) in [6.07, 6.45) is 0.880. The number of carbonyl (C=O) groups excluding carboxylic acids is 1. The number of aryl methyl sites for hydroxylation is 2. The summed E-state index contributed by atoms with van der Waals surface area (Å²) in [5.41, 5.74) is 9.30. The first-order valence-corrected chi connectivity index (χ1v) is 7.47. The molecule has 3 rings (SSSR count). The van der Waals surface area contributed by atoms with Gasteiger partial charge in [-0.3, -0.25) is 4.79 Å². The maximum absolute atomic E-state index is 12.5. The second kappa shape index (κ2) is 4.90. The fourth-order valence-corrected chi connectivity index (χ4v) is 3.41. The van der Waals surface area contributed by atoms with Crippen LogP contribution in [0.15, 0.2) is 18.2 Å². The van der Waals surface area contributed by atoms with Gasteiger partial charge in [0.15, 0.2) is 0 Å². The van der Waals surface area contributed by atoms with Crippen LogP contribution in [0.1, 0.15) is 31.5 Å². The van der Waals surface area contributed by atoms with Gasteiger partial charge in [0, 0.05) is 22.7 Å². The molecule has 20 heavy (non-hydrogen) atoms. The monoisotopic (exact) mass is 287 g/mol. The maximum Gasteiger partial charge on any atom is 0.254 e. The maximum atomic E-state index is 12.5. The van der Waals surface area contributed by atoms with Gasteiger partial charge < -0.3 is 10.6 Å². The van der Waals surface area contributed by atoms with Crippen molar-refractivity contribution in [2.75, 3.05) is 12.3 Å². The van der Waals surface area contributed by atoms with E-state index in [0.29, 0.717) is 12.2 Å². The minimum absolute atomic E-state index is 0.0593. The molecule has 0 spiro atoms. The predicted molar refractivity (Wildman–Crippen MR) is 80.9 cm³/mol. The summed E-state index contributed by atoms with van der Waals surface area (Å²) in [5.74, 6) is 0.0593. The summed E-state index contributed by atoms with van der Waals surface area (Å²) < 4.78 is 0. The molecule has 2 N–H and O–H groups in total. The van der Waals surface area contributed by atoms with Crippen molar-refractivity contribution in [3.63, 3.8) is 0 Å². The van der Waals surface area contributed by atoms with Crippen LogP contribution in [0.4, 0.5) is 5.69 Å². The molecule has 0 radical (unpaired) electrons. The lowest BCUT2D eigenvalue weighted by atomic mass is 9.98. The molecule has 0 unspecified atom stereocenters. The van der Waals surface area contributed by atoms with Crippen LogP contribution in [-0.2, 0) is 13.0 Å². The first kappa shape index (κ1) is 13.1. The molecule has 0 bridgehead atoms. The van der Waals surface area contributed by atoms with Gasteiger partial charge in [0.2, 0.25) is 0 Å². The van der Waals surface area contributed by atoms with Gasteiger partial charge >= 0.3 is 0 Å². The molecule has 1 aromatic carbocycles. The summed E-state index contributed by atoms with van der Waals surface area (Å²) in [6, 6.07) is 5.59. The molecular formula is C15H17N3OS. The van der Waals surface area contributed by atoms with E-state index in [-0.39, 0.29) is 5.91 Å². The van der Waals surface area contributed by atoms with E-state index in [1.54, 1.807) is 17.4 Å². The zero-order valence-corrected chi connectivity index (χ0v) is 12.5. The number of anilines is 1. The van der Waals surface area contributed by atoms with Gasteiger partial charge in [-0.15, -0.1) is 11.3 Å². The number of thiazole rings is 1. The molecule has 2 aromatic rings. The first-order valence-electron chi connectivity index (χ1n) is 6.65. The van der Waals surface area contributed by atoms with Crippen LogP contribution in [0.25, 0.3) is 0 Å². The molecule has 1 aliphatic rings. The van der Waals surface area contributed by atoms with E-state index in [4.69, 9.17) is 5.73 Å². The van der Waals surface area contributed by atoms with E-state index >= 15 is 0 Å². The Hall–Kier alpha value is -1.88. The number of hydrogen-bond acceptors (Lipinski definition) is 4. The lowest BCUT2D eigenvalue weighted by Crippen LogP contribution is -2.37. The number of aromatic nitrogens is 1. The van der Waals surface area contributed by atoms with Crippen molar-refractivity contribution in [1.29, 1.82) is 0 Å². The molecule has 0 saturated carbocycles. The number of rotatable bonds is 2. The van der Waals surface area contributed by atoms with E-state index in [0.717, 1.165) is 34.8 Å². The minimum atomic E-state index is 0.0593. The Morgan fingerprint density at radius 2 is 2.20 bits per heavy atom. The van der Waals surface area contributed by atoms with Gasteiger partial charge in [0.25, 0.3) is 5.91 Å². The smallest absolute Gasteiger partial charge is 0.254 e. The first-order chi connectivity index (χ1) is 9.54. The van der Waals surface area contributed by atoms with E-state index in [1.807, 2.05) is 24.0 Å². The molecule has 104 valence electrons.